The molecule has 1 aromatic carbocycles. The maximum Gasteiger partial charge on any atom is 0.193 e. The van der Waals surface area contributed by atoms with Crippen LogP contribution in [0.1, 0.15) is 18.4 Å². The molecule has 4 fully saturated rings. The van der Waals surface area contributed by atoms with Crippen molar-refractivity contribution in [2.45, 2.75) is 31.6 Å². The number of fused-ring (bicyclic) bond motifs is 5. The molecule has 0 radical (unpaired) electrons. The van der Waals surface area contributed by atoms with Gasteiger partial charge in [0.05, 0.1) is 25.4 Å². The number of hydrogen-bond acceptors (Lipinski definition) is 4. The Morgan fingerprint density at radius 2 is 1.86 bits per heavy atom. The Hall–Kier alpha value is -1.13. The van der Waals surface area contributed by atoms with Crippen LogP contribution in [0, 0.1) is 17.7 Å². The third-order valence-corrected chi connectivity index (χ3v) is 6.79. The molecule has 0 amide bonds. The molecule has 8 heteroatoms. The van der Waals surface area contributed by atoms with Gasteiger partial charge in [0.1, 0.15) is 5.82 Å². The van der Waals surface area contributed by atoms with Crippen molar-refractivity contribution in [3.05, 3.63) is 29.6 Å². The summed E-state index contributed by atoms with van der Waals surface area (Å²) < 4.78 is 25.5. The second-order valence-corrected chi connectivity index (χ2v) is 8.30. The molecule has 4 unspecified atom stereocenters. The number of morpholine rings is 1. The van der Waals surface area contributed by atoms with E-state index in [1.165, 1.54) is 12.8 Å². The highest BCUT2D eigenvalue weighted by Gasteiger charge is 2.53. The number of aliphatic imine (C=N–C) groups is 1. The van der Waals surface area contributed by atoms with Gasteiger partial charge in [0.2, 0.25) is 0 Å². The molecule has 4 aliphatic rings. The van der Waals surface area contributed by atoms with Gasteiger partial charge in [-0.25, -0.2) is 4.39 Å². The van der Waals surface area contributed by atoms with Gasteiger partial charge in [-0.15, -0.1) is 24.0 Å². The number of likely N-dealkylation sites (tertiary alicyclic amines) is 1. The zero-order chi connectivity index (χ0) is 19.1. The van der Waals surface area contributed by atoms with Gasteiger partial charge < -0.3 is 24.6 Å². The fourth-order valence-electron chi connectivity index (χ4n) is 5.45. The van der Waals surface area contributed by atoms with Crippen molar-refractivity contribution in [3.8, 4) is 0 Å². The lowest BCUT2D eigenvalue weighted by molar-refractivity contribution is 0.0767. The molecule has 4 aliphatic heterocycles. The highest BCUT2D eigenvalue weighted by molar-refractivity contribution is 14.0. The van der Waals surface area contributed by atoms with E-state index >= 15 is 0 Å². The minimum Gasteiger partial charge on any atom is -0.378 e. The van der Waals surface area contributed by atoms with Crippen LogP contribution in [-0.4, -0.2) is 69.5 Å². The molecular weight excluding hydrogens is 486 g/mol. The minimum absolute atomic E-state index is 0. The highest BCUT2D eigenvalue weighted by atomic mass is 127. The first-order chi connectivity index (χ1) is 13.7. The molecule has 160 valence electrons. The van der Waals surface area contributed by atoms with E-state index in [1.807, 2.05) is 13.1 Å². The molecule has 0 saturated carbocycles. The zero-order valence-corrected chi connectivity index (χ0v) is 19.2. The van der Waals surface area contributed by atoms with E-state index < -0.39 is 0 Å². The van der Waals surface area contributed by atoms with Crippen molar-refractivity contribution in [2.75, 3.05) is 51.3 Å². The Labute approximate surface area is 188 Å². The maximum absolute atomic E-state index is 13.9. The number of nitrogens with one attached hydrogen (secondary N) is 1. The second kappa shape index (κ2) is 8.93. The Bertz CT molecular complexity index is 740. The van der Waals surface area contributed by atoms with E-state index in [9.17, 15) is 4.39 Å². The smallest absolute Gasteiger partial charge is 0.193 e. The van der Waals surface area contributed by atoms with Crippen LogP contribution >= 0.6 is 24.0 Å². The topological polar surface area (TPSA) is 49.3 Å². The summed E-state index contributed by atoms with van der Waals surface area (Å²) in [6.07, 6.45) is 3.29. The van der Waals surface area contributed by atoms with E-state index in [-0.39, 0.29) is 29.8 Å². The average molecular weight is 516 g/mol. The summed E-state index contributed by atoms with van der Waals surface area (Å²) in [5.41, 5.74) is 2.04. The summed E-state index contributed by atoms with van der Waals surface area (Å²) in [5.74, 6) is 1.98. The van der Waals surface area contributed by atoms with Gasteiger partial charge in [-0.1, -0.05) is 0 Å². The van der Waals surface area contributed by atoms with E-state index in [4.69, 9.17) is 9.47 Å². The molecule has 29 heavy (non-hydrogen) atoms. The molecule has 6 nitrogen and oxygen atoms in total. The Morgan fingerprint density at radius 1 is 1.17 bits per heavy atom. The van der Waals surface area contributed by atoms with Gasteiger partial charge in [-0.2, -0.15) is 0 Å². The fourth-order valence-corrected chi connectivity index (χ4v) is 5.45. The van der Waals surface area contributed by atoms with Crippen molar-refractivity contribution in [2.24, 2.45) is 16.8 Å². The average Bonchev–Trinajstić information content (AvgIpc) is 3.43. The summed E-state index contributed by atoms with van der Waals surface area (Å²) in [4.78, 5) is 9.14. The summed E-state index contributed by atoms with van der Waals surface area (Å²) in [7, 11) is 1.83. The number of hydrogen-bond donors (Lipinski definition) is 1. The number of benzene rings is 1. The lowest BCUT2D eigenvalue weighted by Crippen LogP contribution is -2.41. The first-order valence-electron chi connectivity index (χ1n) is 10.4. The van der Waals surface area contributed by atoms with E-state index in [0.717, 1.165) is 43.4 Å². The van der Waals surface area contributed by atoms with Crippen molar-refractivity contribution >= 4 is 35.6 Å². The normalized spacial score (nSPS) is 31.0. The van der Waals surface area contributed by atoms with Crippen LogP contribution in [0.4, 0.5) is 10.1 Å². The molecule has 2 bridgehead atoms. The van der Waals surface area contributed by atoms with Gasteiger partial charge in [0.25, 0.3) is 0 Å². The summed E-state index contributed by atoms with van der Waals surface area (Å²) in [6, 6.07) is 5.06. The minimum atomic E-state index is -0.201. The molecule has 1 aromatic rings. The van der Waals surface area contributed by atoms with E-state index in [2.05, 4.69) is 20.1 Å². The van der Waals surface area contributed by atoms with Crippen LogP contribution in [0.2, 0.25) is 0 Å². The summed E-state index contributed by atoms with van der Waals surface area (Å²) >= 11 is 0. The number of guanidine groups is 1. The van der Waals surface area contributed by atoms with Crippen LogP contribution < -0.4 is 10.2 Å². The van der Waals surface area contributed by atoms with Crippen LogP contribution in [-0.2, 0) is 16.0 Å². The molecule has 0 aliphatic carbocycles. The Balaban J connectivity index is 0.00000205. The number of rotatable bonds is 3. The molecular formula is C21H30FIN4O2. The number of nitrogens with zero attached hydrogens (tertiary/aromatic N) is 3. The first kappa shape index (κ1) is 21.1. The standard InChI is InChI=1S/C21H29FN4O2.HI/c1-23-21(26-12-16-17(13-26)20-5-4-19(16)28-20)24-11-14-10-15(22)2-3-18(14)25-6-8-27-9-7-25;/h2-3,10,16-17,19-20H,4-9,11-13H2,1H3,(H,23,24);1H. The fraction of sp³-hybridized carbons (Fsp3) is 0.667. The molecule has 0 aromatic heterocycles. The molecule has 1 N–H and O–H groups in total. The van der Waals surface area contributed by atoms with Crippen molar-refractivity contribution in [3.63, 3.8) is 0 Å². The molecule has 4 heterocycles. The quantitative estimate of drug-likeness (QED) is 0.380. The van der Waals surface area contributed by atoms with Gasteiger partial charge in [0.15, 0.2) is 5.96 Å². The van der Waals surface area contributed by atoms with Crippen LogP contribution in [0.25, 0.3) is 0 Å². The molecule has 4 atom stereocenters. The first-order valence-corrected chi connectivity index (χ1v) is 10.4. The van der Waals surface area contributed by atoms with E-state index in [0.29, 0.717) is 43.8 Å². The monoisotopic (exact) mass is 516 g/mol. The SMILES string of the molecule is CN=C(NCc1cc(F)ccc1N1CCOCC1)N1CC2C3CCC(O3)C2C1.I. The highest BCUT2D eigenvalue weighted by Crippen LogP contribution is 2.47. The lowest BCUT2D eigenvalue weighted by Gasteiger charge is -2.31. The summed E-state index contributed by atoms with van der Waals surface area (Å²) in [6.45, 7) is 5.68. The predicted octanol–water partition coefficient (Wildman–Crippen LogP) is 2.46. The third-order valence-electron chi connectivity index (χ3n) is 6.79. The maximum atomic E-state index is 13.9. The Morgan fingerprint density at radius 3 is 2.52 bits per heavy atom. The van der Waals surface area contributed by atoms with Gasteiger partial charge in [-0.3, -0.25) is 4.99 Å². The molecule has 0 spiro atoms. The number of halogens is 2. The van der Waals surface area contributed by atoms with Gasteiger partial charge in [0, 0.05) is 57.3 Å². The number of anilines is 1. The Kier molecular flexibility index (Phi) is 6.50. The third kappa shape index (κ3) is 4.07. The largest absolute Gasteiger partial charge is 0.378 e. The van der Waals surface area contributed by atoms with Crippen molar-refractivity contribution < 1.29 is 13.9 Å². The van der Waals surface area contributed by atoms with Gasteiger partial charge in [-0.05, 0) is 36.6 Å². The second-order valence-electron chi connectivity index (χ2n) is 8.30. The van der Waals surface area contributed by atoms with E-state index in [1.54, 1.807) is 12.1 Å². The van der Waals surface area contributed by atoms with Crippen LogP contribution in [0.5, 0.6) is 0 Å². The van der Waals surface area contributed by atoms with Crippen LogP contribution in [0.15, 0.2) is 23.2 Å². The zero-order valence-electron chi connectivity index (χ0n) is 16.8. The molecule has 4 saturated heterocycles. The van der Waals surface area contributed by atoms with Crippen molar-refractivity contribution in [1.82, 2.24) is 10.2 Å². The molecule has 5 rings (SSSR count). The van der Waals surface area contributed by atoms with Crippen molar-refractivity contribution in [1.29, 1.82) is 0 Å². The summed E-state index contributed by atoms with van der Waals surface area (Å²) in [5, 5.41) is 3.48. The predicted molar refractivity (Wildman–Crippen MR) is 121 cm³/mol. The lowest BCUT2D eigenvalue weighted by atomic mass is 9.82. The van der Waals surface area contributed by atoms with Gasteiger partial charge >= 0.3 is 0 Å². The van der Waals surface area contributed by atoms with Crippen LogP contribution in [0.3, 0.4) is 0 Å². The number of ether oxygens (including phenoxy) is 2.